The van der Waals surface area contributed by atoms with Crippen LogP contribution in [0.2, 0.25) is 0 Å². The molecule has 2 amide bonds. The molecule has 102 valence electrons. The first-order chi connectivity index (χ1) is 9.02. The van der Waals surface area contributed by atoms with Crippen molar-refractivity contribution in [2.45, 2.75) is 19.2 Å². The van der Waals surface area contributed by atoms with Crippen molar-refractivity contribution < 1.29 is 9.59 Å². The molecule has 1 N–H and O–H groups in total. The molecule has 0 aliphatic carbocycles. The van der Waals surface area contributed by atoms with Crippen molar-refractivity contribution in [3.63, 3.8) is 0 Å². The summed E-state index contributed by atoms with van der Waals surface area (Å²) in [5.41, 5.74) is 3.09. The number of halogens is 1. The predicted molar refractivity (Wildman–Crippen MR) is 78.7 cm³/mol. The largest absolute Gasteiger partial charge is 0.365 e. The van der Waals surface area contributed by atoms with Gasteiger partial charge in [-0.05, 0) is 37.2 Å². The molecule has 1 aliphatic rings. The lowest BCUT2D eigenvalue weighted by atomic mass is 10.1. The lowest BCUT2D eigenvalue weighted by molar-refractivity contribution is -0.126. The van der Waals surface area contributed by atoms with Crippen molar-refractivity contribution >= 4 is 40.2 Å². The van der Waals surface area contributed by atoms with Crippen molar-refractivity contribution in [3.8, 4) is 0 Å². The molecule has 1 heterocycles. The van der Waals surface area contributed by atoms with Gasteiger partial charge in [0.15, 0.2) is 5.37 Å². The van der Waals surface area contributed by atoms with E-state index < -0.39 is 5.37 Å². The summed E-state index contributed by atoms with van der Waals surface area (Å²) < 4.78 is 0. The average molecular weight is 299 g/mol. The second kappa shape index (κ2) is 5.84. The van der Waals surface area contributed by atoms with Crippen LogP contribution in [0, 0.1) is 13.8 Å². The van der Waals surface area contributed by atoms with Crippen LogP contribution in [-0.4, -0.2) is 33.8 Å². The minimum atomic E-state index is -0.558. The molecule has 19 heavy (non-hydrogen) atoms. The van der Waals surface area contributed by atoms with Gasteiger partial charge in [-0.25, -0.2) is 0 Å². The third kappa shape index (κ3) is 3.04. The second-order valence-corrected chi connectivity index (χ2v) is 5.84. The number of benzene rings is 1. The van der Waals surface area contributed by atoms with Crippen LogP contribution in [0.1, 0.15) is 11.1 Å². The monoisotopic (exact) mass is 298 g/mol. The highest BCUT2D eigenvalue weighted by Crippen LogP contribution is 2.29. The number of carbonyl (C=O) groups excluding carboxylic acids is 2. The Bertz CT molecular complexity index is 521. The Morgan fingerprint density at radius 1 is 1.37 bits per heavy atom. The van der Waals surface area contributed by atoms with E-state index in [0.29, 0.717) is 0 Å². The number of imide groups is 1. The van der Waals surface area contributed by atoms with Crippen molar-refractivity contribution in [3.05, 3.63) is 29.3 Å². The number of carbonyl (C=O) groups is 2. The minimum absolute atomic E-state index is 0.226. The van der Waals surface area contributed by atoms with Gasteiger partial charge in [0.05, 0.1) is 0 Å². The summed E-state index contributed by atoms with van der Waals surface area (Å²) in [5, 5.41) is 2.31. The summed E-state index contributed by atoms with van der Waals surface area (Å²) >= 11 is 6.58. The molecular weight excluding hydrogens is 284 g/mol. The lowest BCUT2D eigenvalue weighted by Crippen LogP contribution is -2.35. The molecule has 1 fully saturated rings. The van der Waals surface area contributed by atoms with Crippen LogP contribution in [0.4, 0.5) is 10.5 Å². The van der Waals surface area contributed by atoms with Gasteiger partial charge in [-0.2, -0.15) is 0 Å². The number of hydrogen-bond donors (Lipinski definition) is 1. The topological polar surface area (TPSA) is 49.4 Å². The van der Waals surface area contributed by atoms with Crippen molar-refractivity contribution in [1.82, 2.24) is 4.90 Å². The highest BCUT2D eigenvalue weighted by molar-refractivity contribution is 8.15. The molecule has 1 aliphatic heterocycles. The molecule has 1 aromatic rings. The van der Waals surface area contributed by atoms with Gasteiger partial charge in [0, 0.05) is 18.1 Å². The number of alkyl halides is 1. The maximum atomic E-state index is 12.1. The molecule has 2 rings (SSSR count). The zero-order chi connectivity index (χ0) is 14.0. The van der Waals surface area contributed by atoms with Gasteiger partial charge in [-0.3, -0.25) is 14.5 Å². The summed E-state index contributed by atoms with van der Waals surface area (Å²) in [7, 11) is 0. The van der Waals surface area contributed by atoms with E-state index in [0.717, 1.165) is 28.6 Å². The van der Waals surface area contributed by atoms with Crippen molar-refractivity contribution in [2.75, 3.05) is 17.7 Å². The second-order valence-electron chi connectivity index (χ2n) is 4.41. The Morgan fingerprint density at radius 3 is 2.74 bits per heavy atom. The number of aryl methyl sites for hydroxylation is 2. The number of hydrogen-bond acceptors (Lipinski definition) is 4. The first kappa shape index (κ1) is 14.2. The number of anilines is 1. The Hall–Kier alpha value is -1.20. The molecule has 0 saturated carbocycles. The van der Waals surface area contributed by atoms with E-state index in [9.17, 15) is 9.59 Å². The fraction of sp³-hybridized carbons (Fsp3) is 0.385. The summed E-state index contributed by atoms with van der Waals surface area (Å²) in [6.07, 6.45) is 0. The lowest BCUT2D eigenvalue weighted by Gasteiger charge is -2.15. The fourth-order valence-corrected chi connectivity index (χ4v) is 3.03. The SMILES string of the molecule is Cc1ccc(N[C@H]2SC(=O)N(CCCl)C2=O)c(C)c1. The molecular formula is C13H15ClN2O2S. The third-order valence-corrected chi connectivity index (χ3v) is 4.05. The summed E-state index contributed by atoms with van der Waals surface area (Å²) in [6.45, 7) is 4.24. The minimum Gasteiger partial charge on any atom is -0.365 e. The van der Waals surface area contributed by atoms with E-state index in [1.54, 1.807) is 0 Å². The van der Waals surface area contributed by atoms with E-state index in [1.165, 1.54) is 4.90 Å². The molecule has 1 aromatic carbocycles. The van der Waals surface area contributed by atoms with Gasteiger partial charge in [-0.1, -0.05) is 17.7 Å². The Balaban J connectivity index is 2.12. The third-order valence-electron chi connectivity index (χ3n) is 2.91. The van der Waals surface area contributed by atoms with E-state index >= 15 is 0 Å². The quantitative estimate of drug-likeness (QED) is 0.868. The normalized spacial score (nSPS) is 19.1. The molecule has 1 atom stereocenters. The van der Waals surface area contributed by atoms with Crippen molar-refractivity contribution in [2.24, 2.45) is 0 Å². The summed E-state index contributed by atoms with van der Waals surface area (Å²) in [5.74, 6) is 0.0320. The Labute approximate surface area is 121 Å². The Kier molecular flexibility index (Phi) is 4.37. The van der Waals surface area contributed by atoms with Crippen LogP contribution in [0.15, 0.2) is 18.2 Å². The maximum absolute atomic E-state index is 12.1. The molecule has 0 aromatic heterocycles. The molecule has 6 heteroatoms. The predicted octanol–water partition coefficient (Wildman–Crippen LogP) is 2.98. The van der Waals surface area contributed by atoms with Gasteiger partial charge in [-0.15, -0.1) is 11.6 Å². The molecule has 0 unspecified atom stereocenters. The highest BCUT2D eigenvalue weighted by atomic mass is 35.5. The van der Waals surface area contributed by atoms with Crippen LogP contribution in [0.3, 0.4) is 0 Å². The molecule has 0 radical (unpaired) electrons. The van der Waals surface area contributed by atoms with E-state index in [-0.39, 0.29) is 23.6 Å². The summed E-state index contributed by atoms with van der Waals surface area (Å²) in [6, 6.07) is 5.93. The van der Waals surface area contributed by atoms with Crippen LogP contribution in [0.5, 0.6) is 0 Å². The van der Waals surface area contributed by atoms with Crippen LogP contribution >= 0.6 is 23.4 Å². The van der Waals surface area contributed by atoms with Crippen LogP contribution < -0.4 is 5.32 Å². The van der Waals surface area contributed by atoms with Gasteiger partial charge < -0.3 is 5.32 Å². The number of nitrogens with one attached hydrogen (secondary N) is 1. The average Bonchev–Trinajstić information content (AvgIpc) is 2.61. The number of nitrogens with zero attached hydrogens (tertiary/aromatic N) is 1. The van der Waals surface area contributed by atoms with E-state index in [1.807, 2.05) is 32.0 Å². The van der Waals surface area contributed by atoms with Crippen LogP contribution in [-0.2, 0) is 4.79 Å². The van der Waals surface area contributed by atoms with Gasteiger partial charge in [0.2, 0.25) is 0 Å². The van der Waals surface area contributed by atoms with Crippen molar-refractivity contribution in [1.29, 1.82) is 0 Å². The van der Waals surface area contributed by atoms with E-state index in [4.69, 9.17) is 11.6 Å². The van der Waals surface area contributed by atoms with Crippen LogP contribution in [0.25, 0.3) is 0 Å². The first-order valence-electron chi connectivity index (χ1n) is 5.94. The standard InChI is InChI=1S/C13H15ClN2O2S/c1-8-3-4-10(9(2)7-8)15-11-12(17)16(6-5-14)13(18)19-11/h3-4,7,11,15H,5-6H2,1-2H3/t11-/m0/s1. The molecule has 1 saturated heterocycles. The molecule has 0 bridgehead atoms. The van der Waals surface area contributed by atoms with Gasteiger partial charge in [0.25, 0.3) is 11.1 Å². The molecule has 0 spiro atoms. The highest BCUT2D eigenvalue weighted by Gasteiger charge is 2.39. The van der Waals surface area contributed by atoms with Gasteiger partial charge >= 0.3 is 0 Å². The smallest absolute Gasteiger partial charge is 0.290 e. The zero-order valence-corrected chi connectivity index (χ0v) is 12.3. The Morgan fingerprint density at radius 2 is 2.11 bits per heavy atom. The number of thioether (sulfide) groups is 1. The zero-order valence-electron chi connectivity index (χ0n) is 10.8. The van der Waals surface area contributed by atoms with E-state index in [2.05, 4.69) is 5.32 Å². The van der Waals surface area contributed by atoms with Gasteiger partial charge in [0.1, 0.15) is 0 Å². The first-order valence-corrected chi connectivity index (χ1v) is 7.36. The number of rotatable bonds is 4. The summed E-state index contributed by atoms with van der Waals surface area (Å²) in [4.78, 5) is 24.9. The maximum Gasteiger partial charge on any atom is 0.290 e. The molecule has 4 nitrogen and oxygen atoms in total. The fourth-order valence-electron chi connectivity index (χ4n) is 1.94. The number of amides is 2.